The van der Waals surface area contributed by atoms with Gasteiger partial charge in [-0.15, -0.1) is 0 Å². The normalized spacial score (nSPS) is 10.5. The number of carbonyl (C=O) groups is 1. The van der Waals surface area contributed by atoms with E-state index in [2.05, 4.69) is 10.4 Å². The molecule has 23 heavy (non-hydrogen) atoms. The number of aliphatic hydroxyl groups excluding tert-OH is 1. The van der Waals surface area contributed by atoms with Crippen LogP contribution in [-0.4, -0.2) is 20.8 Å². The highest BCUT2D eigenvalue weighted by Crippen LogP contribution is 2.15. The van der Waals surface area contributed by atoms with Crippen LogP contribution in [0.1, 0.15) is 16.1 Å². The van der Waals surface area contributed by atoms with Crippen LogP contribution in [0.3, 0.4) is 0 Å². The van der Waals surface area contributed by atoms with Crippen LogP contribution in [0.25, 0.3) is 5.69 Å². The number of aromatic nitrogens is 2. The summed E-state index contributed by atoms with van der Waals surface area (Å²) in [7, 11) is 0. The van der Waals surface area contributed by atoms with E-state index in [1.807, 2.05) is 12.1 Å². The Morgan fingerprint density at radius 3 is 2.78 bits per heavy atom. The van der Waals surface area contributed by atoms with Crippen molar-refractivity contribution in [3.8, 4) is 5.69 Å². The summed E-state index contributed by atoms with van der Waals surface area (Å²) in [5, 5.41) is 16.7. The SMILES string of the molecule is O=C(Nc1cccc(CO)c1)c1ccn(-c2cccc(Cl)c2)n1. The first-order valence-corrected chi connectivity index (χ1v) is 7.36. The third-order valence-corrected chi connectivity index (χ3v) is 3.50. The van der Waals surface area contributed by atoms with Crippen molar-refractivity contribution in [2.45, 2.75) is 6.61 Å². The smallest absolute Gasteiger partial charge is 0.276 e. The standard InChI is InChI=1S/C17H14ClN3O2/c18-13-4-2-6-15(10-13)21-8-7-16(20-21)17(23)19-14-5-1-3-12(9-14)11-22/h1-10,22H,11H2,(H,19,23). The van der Waals surface area contributed by atoms with Crippen molar-refractivity contribution in [1.29, 1.82) is 0 Å². The molecule has 1 aromatic heterocycles. The van der Waals surface area contributed by atoms with Crippen LogP contribution in [0, 0.1) is 0 Å². The lowest BCUT2D eigenvalue weighted by atomic mass is 10.2. The minimum Gasteiger partial charge on any atom is -0.392 e. The average molecular weight is 328 g/mol. The van der Waals surface area contributed by atoms with Gasteiger partial charge in [0.05, 0.1) is 12.3 Å². The largest absolute Gasteiger partial charge is 0.392 e. The van der Waals surface area contributed by atoms with E-state index in [1.54, 1.807) is 53.3 Å². The number of nitrogens with zero attached hydrogens (tertiary/aromatic N) is 2. The van der Waals surface area contributed by atoms with Gasteiger partial charge in [0.2, 0.25) is 0 Å². The first-order valence-electron chi connectivity index (χ1n) is 6.98. The van der Waals surface area contributed by atoms with Gasteiger partial charge in [0.1, 0.15) is 0 Å². The number of carbonyl (C=O) groups excluding carboxylic acids is 1. The summed E-state index contributed by atoms with van der Waals surface area (Å²) < 4.78 is 1.59. The molecule has 1 amide bonds. The minimum atomic E-state index is -0.319. The highest BCUT2D eigenvalue weighted by molar-refractivity contribution is 6.30. The van der Waals surface area contributed by atoms with Gasteiger partial charge in [0, 0.05) is 16.9 Å². The predicted octanol–water partition coefficient (Wildman–Crippen LogP) is 3.27. The zero-order valence-electron chi connectivity index (χ0n) is 12.1. The molecule has 0 saturated carbocycles. The Balaban J connectivity index is 1.78. The van der Waals surface area contributed by atoms with E-state index in [4.69, 9.17) is 16.7 Å². The summed E-state index contributed by atoms with van der Waals surface area (Å²) >= 11 is 5.96. The maximum Gasteiger partial charge on any atom is 0.276 e. The van der Waals surface area contributed by atoms with E-state index in [0.717, 1.165) is 11.3 Å². The topological polar surface area (TPSA) is 67.2 Å². The molecule has 0 aliphatic heterocycles. The highest BCUT2D eigenvalue weighted by Gasteiger charge is 2.11. The fourth-order valence-corrected chi connectivity index (χ4v) is 2.33. The summed E-state index contributed by atoms with van der Waals surface area (Å²) in [5.74, 6) is -0.319. The fourth-order valence-electron chi connectivity index (χ4n) is 2.15. The molecule has 0 aliphatic carbocycles. The number of hydrogen-bond acceptors (Lipinski definition) is 3. The Hall–Kier alpha value is -2.63. The van der Waals surface area contributed by atoms with Crippen molar-refractivity contribution in [3.05, 3.63) is 77.1 Å². The summed E-state index contributed by atoms with van der Waals surface area (Å²) in [6.45, 7) is -0.0763. The van der Waals surface area contributed by atoms with Crippen molar-refractivity contribution in [2.24, 2.45) is 0 Å². The van der Waals surface area contributed by atoms with E-state index in [0.29, 0.717) is 16.4 Å². The van der Waals surface area contributed by atoms with Crippen LogP contribution >= 0.6 is 11.6 Å². The van der Waals surface area contributed by atoms with E-state index in [-0.39, 0.29) is 12.5 Å². The first kappa shape index (κ1) is 15.3. The molecule has 0 radical (unpaired) electrons. The molecule has 6 heteroatoms. The fraction of sp³-hybridized carbons (Fsp3) is 0.0588. The highest BCUT2D eigenvalue weighted by atomic mass is 35.5. The third-order valence-electron chi connectivity index (χ3n) is 3.26. The van der Waals surface area contributed by atoms with Gasteiger partial charge < -0.3 is 10.4 Å². The van der Waals surface area contributed by atoms with Crippen LogP contribution in [0.4, 0.5) is 5.69 Å². The van der Waals surface area contributed by atoms with Gasteiger partial charge in [0.15, 0.2) is 5.69 Å². The number of benzene rings is 2. The second kappa shape index (κ2) is 6.64. The Morgan fingerprint density at radius 2 is 2.00 bits per heavy atom. The molecule has 2 aromatic carbocycles. The van der Waals surface area contributed by atoms with Crippen molar-refractivity contribution < 1.29 is 9.90 Å². The zero-order valence-corrected chi connectivity index (χ0v) is 12.9. The molecule has 0 aliphatic rings. The van der Waals surface area contributed by atoms with Gasteiger partial charge in [-0.1, -0.05) is 29.8 Å². The number of nitrogens with one attached hydrogen (secondary N) is 1. The molecule has 1 heterocycles. The minimum absolute atomic E-state index is 0.0763. The van der Waals surface area contributed by atoms with Crippen LogP contribution in [-0.2, 0) is 6.61 Å². The number of anilines is 1. The molecule has 0 saturated heterocycles. The van der Waals surface area contributed by atoms with Crippen molar-refractivity contribution in [2.75, 3.05) is 5.32 Å². The van der Waals surface area contributed by atoms with E-state index >= 15 is 0 Å². The molecule has 0 bridgehead atoms. The number of amides is 1. The number of rotatable bonds is 4. The molecule has 116 valence electrons. The molecule has 3 aromatic rings. The van der Waals surface area contributed by atoms with Crippen LogP contribution in [0.2, 0.25) is 5.02 Å². The molecule has 5 nitrogen and oxygen atoms in total. The molecule has 0 atom stereocenters. The van der Waals surface area contributed by atoms with Gasteiger partial charge in [0.25, 0.3) is 5.91 Å². The Labute approximate surface area is 138 Å². The molecule has 0 spiro atoms. The molecular weight excluding hydrogens is 314 g/mol. The van der Waals surface area contributed by atoms with Gasteiger partial charge in [-0.05, 0) is 42.0 Å². The molecule has 0 unspecified atom stereocenters. The monoisotopic (exact) mass is 327 g/mol. The predicted molar refractivity (Wildman–Crippen MR) is 88.9 cm³/mol. The maximum absolute atomic E-state index is 12.2. The van der Waals surface area contributed by atoms with Crippen molar-refractivity contribution in [3.63, 3.8) is 0 Å². The number of halogens is 1. The van der Waals surface area contributed by atoms with Crippen LogP contribution in [0.5, 0.6) is 0 Å². The van der Waals surface area contributed by atoms with Crippen molar-refractivity contribution >= 4 is 23.2 Å². The summed E-state index contributed by atoms with van der Waals surface area (Å²) in [6.07, 6.45) is 1.70. The Kier molecular flexibility index (Phi) is 4.41. The number of hydrogen-bond donors (Lipinski definition) is 2. The van der Waals surface area contributed by atoms with Gasteiger partial charge >= 0.3 is 0 Å². The lowest BCUT2D eigenvalue weighted by Crippen LogP contribution is -2.13. The lowest BCUT2D eigenvalue weighted by molar-refractivity contribution is 0.102. The summed E-state index contributed by atoms with van der Waals surface area (Å²) in [6, 6.07) is 15.9. The second-order valence-electron chi connectivity index (χ2n) is 4.94. The maximum atomic E-state index is 12.2. The Bertz CT molecular complexity index is 845. The molecular formula is C17H14ClN3O2. The summed E-state index contributed by atoms with van der Waals surface area (Å²) in [5.41, 5.74) is 2.41. The van der Waals surface area contributed by atoms with Crippen LogP contribution in [0.15, 0.2) is 60.8 Å². The van der Waals surface area contributed by atoms with Gasteiger partial charge in [-0.3, -0.25) is 4.79 Å². The zero-order chi connectivity index (χ0) is 16.2. The molecule has 3 rings (SSSR count). The van der Waals surface area contributed by atoms with Crippen LogP contribution < -0.4 is 5.32 Å². The average Bonchev–Trinajstić information content (AvgIpc) is 3.05. The van der Waals surface area contributed by atoms with Gasteiger partial charge in [-0.25, -0.2) is 4.68 Å². The van der Waals surface area contributed by atoms with E-state index < -0.39 is 0 Å². The first-order chi connectivity index (χ1) is 11.2. The van der Waals surface area contributed by atoms with Gasteiger partial charge in [-0.2, -0.15) is 5.10 Å². The summed E-state index contributed by atoms with van der Waals surface area (Å²) in [4.78, 5) is 12.2. The lowest BCUT2D eigenvalue weighted by Gasteiger charge is -2.05. The van der Waals surface area contributed by atoms with E-state index in [9.17, 15) is 4.79 Å². The molecule has 0 fully saturated rings. The quantitative estimate of drug-likeness (QED) is 0.773. The third kappa shape index (κ3) is 3.59. The van der Waals surface area contributed by atoms with E-state index in [1.165, 1.54) is 0 Å². The number of aliphatic hydroxyl groups is 1. The van der Waals surface area contributed by atoms with Crippen molar-refractivity contribution in [1.82, 2.24) is 9.78 Å². The second-order valence-corrected chi connectivity index (χ2v) is 5.37. The molecule has 2 N–H and O–H groups in total. The Morgan fingerprint density at radius 1 is 1.17 bits per heavy atom.